The van der Waals surface area contributed by atoms with E-state index >= 15 is 0 Å². The molecule has 5 heteroatoms. The molecule has 74 valence electrons. The fraction of sp³-hybridized carbons (Fsp3) is 1.00. The fourth-order valence-corrected chi connectivity index (χ4v) is 1.08. The Labute approximate surface area is 76.3 Å². The molecule has 0 spiro atoms. The van der Waals surface area contributed by atoms with Crippen LogP contribution < -0.4 is 0 Å². The Morgan fingerprint density at radius 2 is 1.92 bits per heavy atom. The van der Waals surface area contributed by atoms with Gasteiger partial charge in [-0.05, 0) is 18.7 Å². The summed E-state index contributed by atoms with van der Waals surface area (Å²) in [6.07, 6.45) is -4.09. The molecule has 0 aromatic heterocycles. The lowest BCUT2D eigenvalue weighted by Gasteiger charge is -2.21. The van der Waals surface area contributed by atoms with Crippen molar-refractivity contribution in [2.75, 3.05) is 25.9 Å². The van der Waals surface area contributed by atoms with E-state index in [4.69, 9.17) is 0 Å². The summed E-state index contributed by atoms with van der Waals surface area (Å²) in [6, 6.07) is 0. The summed E-state index contributed by atoms with van der Waals surface area (Å²) in [6.45, 7) is 1.47. The van der Waals surface area contributed by atoms with Crippen molar-refractivity contribution in [3.8, 4) is 0 Å². The number of alkyl halides is 3. The maximum atomic E-state index is 11.8. The first-order chi connectivity index (χ1) is 5.35. The van der Waals surface area contributed by atoms with Gasteiger partial charge in [-0.3, -0.25) is 4.90 Å². The first-order valence-corrected chi connectivity index (χ1v) is 4.34. The van der Waals surface area contributed by atoms with E-state index in [1.165, 1.54) is 11.9 Å². The van der Waals surface area contributed by atoms with Crippen LogP contribution in [0.1, 0.15) is 6.92 Å². The second-order valence-corrected chi connectivity index (χ2v) is 3.46. The van der Waals surface area contributed by atoms with E-state index in [1.54, 1.807) is 0 Å². The standard InChI is InChI=1S/C7H14F3NS/c1-6(4-12)3-11(2)5-7(8,9)10/h6,12H,3-5H2,1-2H3. The summed E-state index contributed by atoms with van der Waals surface area (Å²) >= 11 is 3.99. The Balaban J connectivity index is 3.66. The minimum Gasteiger partial charge on any atom is -0.298 e. The van der Waals surface area contributed by atoms with Crippen molar-refractivity contribution in [1.29, 1.82) is 0 Å². The molecule has 0 radical (unpaired) electrons. The summed E-state index contributed by atoms with van der Waals surface area (Å²) in [7, 11) is 1.47. The Hall–Kier alpha value is 0.100. The predicted octanol–water partition coefficient (Wildman–Crippen LogP) is 2.05. The van der Waals surface area contributed by atoms with Gasteiger partial charge in [-0.2, -0.15) is 25.8 Å². The van der Waals surface area contributed by atoms with Crippen LogP contribution in [0.3, 0.4) is 0 Å². The maximum Gasteiger partial charge on any atom is 0.401 e. The number of halogens is 3. The molecule has 0 bridgehead atoms. The van der Waals surface area contributed by atoms with Crippen molar-refractivity contribution in [2.45, 2.75) is 13.1 Å². The smallest absolute Gasteiger partial charge is 0.298 e. The molecule has 1 unspecified atom stereocenters. The summed E-state index contributed by atoms with van der Waals surface area (Å²) in [4.78, 5) is 1.26. The summed E-state index contributed by atoms with van der Waals surface area (Å²) < 4.78 is 35.4. The highest BCUT2D eigenvalue weighted by Crippen LogP contribution is 2.16. The highest BCUT2D eigenvalue weighted by molar-refractivity contribution is 7.80. The number of hydrogen-bond acceptors (Lipinski definition) is 2. The second-order valence-electron chi connectivity index (χ2n) is 3.10. The van der Waals surface area contributed by atoms with Crippen molar-refractivity contribution in [3.05, 3.63) is 0 Å². The van der Waals surface area contributed by atoms with Gasteiger partial charge in [0.05, 0.1) is 6.54 Å². The first kappa shape index (κ1) is 12.1. The lowest BCUT2D eigenvalue weighted by molar-refractivity contribution is -0.143. The van der Waals surface area contributed by atoms with Gasteiger partial charge in [0.15, 0.2) is 0 Å². The van der Waals surface area contributed by atoms with Crippen LogP contribution in [0.25, 0.3) is 0 Å². The van der Waals surface area contributed by atoms with Gasteiger partial charge in [0.2, 0.25) is 0 Å². The molecule has 0 rings (SSSR count). The second kappa shape index (κ2) is 4.97. The fourth-order valence-electron chi connectivity index (χ4n) is 0.960. The number of rotatable bonds is 4. The Morgan fingerprint density at radius 3 is 2.25 bits per heavy atom. The van der Waals surface area contributed by atoms with E-state index in [9.17, 15) is 13.2 Å². The zero-order chi connectivity index (χ0) is 9.78. The molecule has 0 aliphatic rings. The molecule has 0 aliphatic carbocycles. The molecule has 0 aliphatic heterocycles. The molecule has 0 aromatic carbocycles. The van der Waals surface area contributed by atoms with Gasteiger partial charge in [0.1, 0.15) is 0 Å². The molecule has 0 aromatic rings. The SMILES string of the molecule is CC(CS)CN(C)CC(F)(F)F. The third kappa shape index (κ3) is 6.79. The van der Waals surface area contributed by atoms with Crippen molar-refractivity contribution in [3.63, 3.8) is 0 Å². The number of nitrogens with zero attached hydrogens (tertiary/aromatic N) is 1. The highest BCUT2D eigenvalue weighted by Gasteiger charge is 2.29. The molecule has 12 heavy (non-hydrogen) atoms. The summed E-state index contributed by atoms with van der Waals surface area (Å²) in [5, 5.41) is 0. The van der Waals surface area contributed by atoms with Crippen molar-refractivity contribution in [1.82, 2.24) is 4.90 Å². The van der Waals surface area contributed by atoms with Crippen LogP contribution in [0.5, 0.6) is 0 Å². The highest BCUT2D eigenvalue weighted by atomic mass is 32.1. The van der Waals surface area contributed by atoms with E-state index < -0.39 is 12.7 Å². The molecule has 0 fully saturated rings. The van der Waals surface area contributed by atoms with Crippen molar-refractivity contribution < 1.29 is 13.2 Å². The van der Waals surface area contributed by atoms with Crippen LogP contribution in [-0.4, -0.2) is 37.0 Å². The van der Waals surface area contributed by atoms with Gasteiger partial charge >= 0.3 is 6.18 Å². The van der Waals surface area contributed by atoms with Crippen LogP contribution in [0, 0.1) is 5.92 Å². The largest absolute Gasteiger partial charge is 0.401 e. The monoisotopic (exact) mass is 201 g/mol. The minimum absolute atomic E-state index is 0.195. The van der Waals surface area contributed by atoms with E-state index in [0.29, 0.717) is 12.3 Å². The predicted molar refractivity (Wildman–Crippen MR) is 46.6 cm³/mol. The van der Waals surface area contributed by atoms with E-state index in [0.717, 1.165) is 0 Å². The Kier molecular flexibility index (Phi) is 5.01. The molecule has 0 heterocycles. The lowest BCUT2D eigenvalue weighted by Crippen LogP contribution is -2.34. The van der Waals surface area contributed by atoms with Crippen LogP contribution in [0.2, 0.25) is 0 Å². The molecule has 0 saturated heterocycles. The summed E-state index contributed by atoms with van der Waals surface area (Å²) in [5.41, 5.74) is 0. The van der Waals surface area contributed by atoms with Crippen molar-refractivity contribution >= 4 is 12.6 Å². The van der Waals surface area contributed by atoms with Crippen LogP contribution in [0.15, 0.2) is 0 Å². The van der Waals surface area contributed by atoms with Gasteiger partial charge in [-0.1, -0.05) is 6.92 Å². The van der Waals surface area contributed by atoms with Gasteiger partial charge in [0.25, 0.3) is 0 Å². The first-order valence-electron chi connectivity index (χ1n) is 3.71. The normalized spacial score (nSPS) is 15.2. The molecular formula is C7H14F3NS. The van der Waals surface area contributed by atoms with Crippen LogP contribution in [0.4, 0.5) is 13.2 Å². The quantitative estimate of drug-likeness (QED) is 0.681. The molecular weight excluding hydrogens is 187 g/mol. The lowest BCUT2D eigenvalue weighted by atomic mass is 10.2. The maximum absolute atomic E-state index is 11.8. The zero-order valence-corrected chi connectivity index (χ0v) is 8.12. The van der Waals surface area contributed by atoms with Gasteiger partial charge < -0.3 is 0 Å². The number of hydrogen-bond donors (Lipinski definition) is 1. The Morgan fingerprint density at radius 1 is 1.42 bits per heavy atom. The molecule has 1 atom stereocenters. The Bertz CT molecular complexity index is 126. The third-order valence-electron chi connectivity index (χ3n) is 1.38. The van der Waals surface area contributed by atoms with E-state index in [1.807, 2.05) is 6.92 Å². The summed E-state index contributed by atoms with van der Waals surface area (Å²) in [5.74, 6) is 0.808. The molecule has 0 saturated carbocycles. The molecule has 0 amide bonds. The molecule has 0 N–H and O–H groups in total. The number of thiol groups is 1. The zero-order valence-electron chi connectivity index (χ0n) is 7.23. The van der Waals surface area contributed by atoms with E-state index in [2.05, 4.69) is 12.6 Å². The van der Waals surface area contributed by atoms with Gasteiger partial charge in [0, 0.05) is 6.54 Å². The van der Waals surface area contributed by atoms with Crippen molar-refractivity contribution in [2.24, 2.45) is 5.92 Å². The average molecular weight is 201 g/mol. The van der Waals surface area contributed by atoms with Crippen LogP contribution >= 0.6 is 12.6 Å². The average Bonchev–Trinajstić information content (AvgIpc) is 1.82. The third-order valence-corrected chi connectivity index (χ3v) is 2.01. The minimum atomic E-state index is -4.09. The topological polar surface area (TPSA) is 3.24 Å². The molecule has 1 nitrogen and oxygen atoms in total. The van der Waals surface area contributed by atoms with Gasteiger partial charge in [-0.25, -0.2) is 0 Å². The van der Waals surface area contributed by atoms with E-state index in [-0.39, 0.29) is 5.92 Å². The van der Waals surface area contributed by atoms with Crippen LogP contribution in [-0.2, 0) is 0 Å². The van der Waals surface area contributed by atoms with Gasteiger partial charge in [-0.15, -0.1) is 0 Å².